The Kier molecular flexibility index (Phi) is 6.09. The molecule has 0 aliphatic carbocycles. The topological polar surface area (TPSA) is 55.1 Å². The summed E-state index contributed by atoms with van der Waals surface area (Å²) < 4.78 is 17.8. The van der Waals surface area contributed by atoms with Crippen molar-refractivity contribution in [1.82, 2.24) is 9.80 Å². The highest BCUT2D eigenvalue weighted by molar-refractivity contribution is 5.90. The van der Waals surface area contributed by atoms with E-state index < -0.39 is 0 Å². The fourth-order valence-electron chi connectivity index (χ4n) is 4.59. The van der Waals surface area contributed by atoms with E-state index in [1.807, 2.05) is 24.3 Å². The number of hydrogen-bond acceptors (Lipinski definition) is 6. The Balaban J connectivity index is 1.29. The van der Waals surface area contributed by atoms with Crippen molar-refractivity contribution in [2.24, 2.45) is 0 Å². The van der Waals surface area contributed by atoms with Gasteiger partial charge >= 0.3 is 0 Å². The first-order chi connectivity index (χ1) is 15.3. The van der Waals surface area contributed by atoms with Crippen molar-refractivity contribution in [2.75, 3.05) is 52.5 Å². The van der Waals surface area contributed by atoms with Crippen molar-refractivity contribution in [1.29, 1.82) is 0 Å². The maximum Gasteiger partial charge on any atom is 0.200 e. The first-order valence-electron chi connectivity index (χ1n) is 11.5. The average Bonchev–Trinajstić information content (AvgIpc) is 3.49. The first-order valence-corrected chi connectivity index (χ1v) is 11.5. The summed E-state index contributed by atoms with van der Waals surface area (Å²) in [6.45, 7) is 7.74. The molecule has 0 bridgehead atoms. The third-order valence-corrected chi connectivity index (χ3v) is 6.36. The molecule has 0 saturated carbocycles. The summed E-state index contributed by atoms with van der Waals surface area (Å²) in [5.74, 6) is 1.44. The molecule has 31 heavy (non-hydrogen) atoms. The van der Waals surface area contributed by atoms with Crippen LogP contribution in [0.1, 0.15) is 25.7 Å². The minimum Gasteiger partial charge on any atom is -0.492 e. The number of hydrogen-bond donors (Lipinski definition) is 0. The van der Waals surface area contributed by atoms with Gasteiger partial charge in [-0.3, -0.25) is 14.6 Å². The summed E-state index contributed by atoms with van der Waals surface area (Å²) in [6, 6.07) is 11.0. The van der Waals surface area contributed by atoms with Crippen molar-refractivity contribution in [3.63, 3.8) is 0 Å². The van der Waals surface area contributed by atoms with Gasteiger partial charge in [-0.25, -0.2) is 0 Å². The highest BCUT2D eigenvalue weighted by Gasteiger charge is 2.14. The Bertz CT molecular complexity index is 1100. The molecule has 2 aliphatic heterocycles. The van der Waals surface area contributed by atoms with Gasteiger partial charge in [-0.1, -0.05) is 0 Å². The zero-order valence-electron chi connectivity index (χ0n) is 18.0. The zero-order valence-corrected chi connectivity index (χ0v) is 18.0. The number of nitrogens with zero attached hydrogens (tertiary/aromatic N) is 2. The van der Waals surface area contributed by atoms with Crippen LogP contribution < -0.4 is 14.9 Å². The van der Waals surface area contributed by atoms with Gasteiger partial charge in [-0.2, -0.15) is 0 Å². The molecule has 2 aliphatic rings. The monoisotopic (exact) mass is 422 g/mol. The Morgan fingerprint density at radius 2 is 1.29 bits per heavy atom. The lowest BCUT2D eigenvalue weighted by atomic mass is 10.1. The van der Waals surface area contributed by atoms with Crippen LogP contribution in [0.15, 0.2) is 45.6 Å². The maximum atomic E-state index is 13.1. The van der Waals surface area contributed by atoms with Crippen LogP contribution in [0.4, 0.5) is 0 Å². The molecule has 0 amide bonds. The normalized spacial score (nSPS) is 17.7. The van der Waals surface area contributed by atoms with Crippen molar-refractivity contribution in [2.45, 2.75) is 25.7 Å². The molecule has 6 nitrogen and oxygen atoms in total. The number of rotatable bonds is 8. The second kappa shape index (κ2) is 9.28. The van der Waals surface area contributed by atoms with E-state index in [0.717, 1.165) is 45.0 Å². The SMILES string of the molecule is O=c1c2ccc(OCCN3CCCC3)cc2oc2ccc(OCCN3CCCC3)cc12. The second-order valence-corrected chi connectivity index (χ2v) is 8.54. The molecule has 5 rings (SSSR count). The number of fused-ring (bicyclic) bond motifs is 2. The lowest BCUT2D eigenvalue weighted by Gasteiger charge is -2.15. The van der Waals surface area contributed by atoms with E-state index in [-0.39, 0.29) is 5.43 Å². The Morgan fingerprint density at radius 3 is 1.94 bits per heavy atom. The van der Waals surface area contributed by atoms with Gasteiger partial charge < -0.3 is 13.9 Å². The fourth-order valence-corrected chi connectivity index (χ4v) is 4.59. The lowest BCUT2D eigenvalue weighted by molar-refractivity contribution is 0.237. The summed E-state index contributed by atoms with van der Waals surface area (Å²) >= 11 is 0. The van der Waals surface area contributed by atoms with Gasteiger partial charge in [0.1, 0.15) is 35.9 Å². The van der Waals surface area contributed by atoms with Crippen LogP contribution in [0, 0.1) is 0 Å². The molecule has 164 valence electrons. The number of benzene rings is 2. The quantitative estimate of drug-likeness (QED) is 0.514. The van der Waals surface area contributed by atoms with Gasteiger partial charge in [0.15, 0.2) is 0 Å². The maximum absolute atomic E-state index is 13.1. The highest BCUT2D eigenvalue weighted by atomic mass is 16.5. The van der Waals surface area contributed by atoms with Gasteiger partial charge in [0, 0.05) is 19.2 Å². The summed E-state index contributed by atoms with van der Waals surface area (Å²) in [7, 11) is 0. The van der Waals surface area contributed by atoms with E-state index in [1.54, 1.807) is 12.1 Å². The van der Waals surface area contributed by atoms with Crippen molar-refractivity contribution in [3.8, 4) is 11.5 Å². The van der Waals surface area contributed by atoms with E-state index in [1.165, 1.54) is 25.7 Å². The van der Waals surface area contributed by atoms with Gasteiger partial charge in [-0.05, 0) is 82.2 Å². The van der Waals surface area contributed by atoms with E-state index in [9.17, 15) is 4.79 Å². The molecule has 1 aromatic heterocycles. The van der Waals surface area contributed by atoms with Crippen LogP contribution in [0.2, 0.25) is 0 Å². The Hall–Kier alpha value is -2.57. The first kappa shape index (κ1) is 20.3. The molecule has 3 heterocycles. The number of likely N-dealkylation sites (tertiary alicyclic amines) is 2. The minimum atomic E-state index is -0.0372. The smallest absolute Gasteiger partial charge is 0.200 e. The van der Waals surface area contributed by atoms with Crippen LogP contribution in [-0.4, -0.2) is 62.3 Å². The predicted molar refractivity (Wildman–Crippen MR) is 122 cm³/mol. The third-order valence-electron chi connectivity index (χ3n) is 6.36. The molecular weight excluding hydrogens is 392 g/mol. The molecule has 3 aromatic rings. The van der Waals surface area contributed by atoms with Gasteiger partial charge in [0.2, 0.25) is 5.43 Å². The minimum absolute atomic E-state index is 0.0372. The van der Waals surface area contributed by atoms with Crippen LogP contribution in [-0.2, 0) is 0 Å². The molecule has 0 spiro atoms. The van der Waals surface area contributed by atoms with Gasteiger partial charge in [-0.15, -0.1) is 0 Å². The van der Waals surface area contributed by atoms with Gasteiger partial charge in [0.05, 0.1) is 10.8 Å². The molecule has 2 saturated heterocycles. The van der Waals surface area contributed by atoms with Crippen LogP contribution >= 0.6 is 0 Å². The zero-order chi connectivity index (χ0) is 21.0. The van der Waals surface area contributed by atoms with Crippen molar-refractivity contribution in [3.05, 3.63) is 46.6 Å². The summed E-state index contributed by atoms with van der Waals surface area (Å²) in [4.78, 5) is 17.9. The predicted octanol–water partition coefficient (Wildman–Crippen LogP) is 3.90. The fraction of sp³-hybridized carbons (Fsp3) is 0.480. The molecule has 6 heteroatoms. The average molecular weight is 423 g/mol. The van der Waals surface area contributed by atoms with Crippen molar-refractivity contribution < 1.29 is 13.9 Å². The molecule has 0 N–H and O–H groups in total. The van der Waals surface area contributed by atoms with E-state index in [2.05, 4.69) is 9.80 Å². The van der Waals surface area contributed by atoms with E-state index in [4.69, 9.17) is 13.9 Å². The van der Waals surface area contributed by atoms with Gasteiger partial charge in [0.25, 0.3) is 0 Å². The molecule has 2 fully saturated rings. The van der Waals surface area contributed by atoms with Crippen molar-refractivity contribution >= 4 is 21.9 Å². The van der Waals surface area contributed by atoms with Crippen LogP contribution in [0.3, 0.4) is 0 Å². The number of ether oxygens (including phenoxy) is 2. The highest BCUT2D eigenvalue weighted by Crippen LogP contribution is 2.25. The van der Waals surface area contributed by atoms with E-state index in [0.29, 0.717) is 40.9 Å². The Labute approximate surface area is 182 Å². The van der Waals surface area contributed by atoms with Crippen LogP contribution in [0.25, 0.3) is 21.9 Å². The molecule has 2 aromatic carbocycles. The summed E-state index contributed by atoms with van der Waals surface area (Å²) in [6.07, 6.45) is 5.10. The largest absolute Gasteiger partial charge is 0.492 e. The summed E-state index contributed by atoms with van der Waals surface area (Å²) in [5, 5.41) is 1.11. The van der Waals surface area contributed by atoms with E-state index >= 15 is 0 Å². The molecule has 0 atom stereocenters. The summed E-state index contributed by atoms with van der Waals surface area (Å²) in [5.41, 5.74) is 1.09. The standard InChI is InChI=1S/C25H30N2O4/c28-25-21-7-5-20(30-16-14-27-11-3-4-12-27)18-24(21)31-23-8-6-19(17-22(23)25)29-15-13-26-9-1-2-10-26/h5-8,17-18H,1-4,9-16H2. The molecular formula is C25H30N2O4. The third kappa shape index (κ3) is 4.70. The van der Waals surface area contributed by atoms with Crippen LogP contribution in [0.5, 0.6) is 11.5 Å². The molecule has 0 unspecified atom stereocenters. The molecule has 0 radical (unpaired) electrons. The Morgan fingerprint density at radius 1 is 0.710 bits per heavy atom. The lowest BCUT2D eigenvalue weighted by Crippen LogP contribution is -2.25. The second-order valence-electron chi connectivity index (χ2n) is 8.54.